The molecule has 0 bridgehead atoms. The Morgan fingerprint density at radius 1 is 1.50 bits per heavy atom. The van der Waals surface area contributed by atoms with E-state index in [1.54, 1.807) is 13.0 Å². The van der Waals surface area contributed by atoms with E-state index in [0.29, 0.717) is 21.5 Å². The van der Waals surface area contributed by atoms with E-state index >= 15 is 0 Å². The Hall–Kier alpha value is -0.590. The summed E-state index contributed by atoms with van der Waals surface area (Å²) in [4.78, 5) is 12.2. The van der Waals surface area contributed by atoms with E-state index < -0.39 is 9.05 Å². The van der Waals surface area contributed by atoms with Gasteiger partial charge in [0.25, 0.3) is 15.0 Å². The van der Waals surface area contributed by atoms with E-state index in [0.717, 1.165) is 12.8 Å². The molecule has 0 spiro atoms. The maximum Gasteiger partial charge on any atom is 0.261 e. The van der Waals surface area contributed by atoms with Gasteiger partial charge in [-0.2, -0.15) is 0 Å². The van der Waals surface area contributed by atoms with Crippen LogP contribution in [0.3, 0.4) is 0 Å². The number of nitrogens with one attached hydrogen (secondary N) is 1. The predicted octanol–water partition coefficient (Wildman–Crippen LogP) is 3.21. The maximum atomic E-state index is 12.2. The lowest BCUT2D eigenvalue weighted by atomic mass is 10.1. The highest BCUT2D eigenvalue weighted by atomic mass is 79.9. The smallest absolute Gasteiger partial charge is 0.261 e. The Bertz CT molecular complexity index is 660. The molecule has 1 aliphatic rings. The second-order valence-corrected chi connectivity index (χ2v) is 8.45. The van der Waals surface area contributed by atoms with E-state index in [2.05, 4.69) is 28.2 Å². The Balaban J connectivity index is 2.32. The molecule has 2 rings (SSSR count). The SMILES string of the molecule is CCC1CC1NC(=O)c1cc(Br)cc(S(=O)(=O)Cl)c1C. The first-order chi connectivity index (χ1) is 9.24. The third kappa shape index (κ3) is 3.35. The van der Waals surface area contributed by atoms with Crippen LogP contribution in [0.25, 0.3) is 0 Å². The fourth-order valence-electron chi connectivity index (χ4n) is 2.26. The second kappa shape index (κ2) is 5.66. The molecule has 1 N–H and O–H groups in total. The number of hydrogen-bond acceptors (Lipinski definition) is 3. The summed E-state index contributed by atoms with van der Waals surface area (Å²) in [7, 11) is 1.52. The van der Waals surface area contributed by atoms with Gasteiger partial charge in [0.1, 0.15) is 0 Å². The Morgan fingerprint density at radius 3 is 2.65 bits per heavy atom. The molecule has 0 radical (unpaired) electrons. The fraction of sp³-hybridized carbons (Fsp3) is 0.462. The van der Waals surface area contributed by atoms with Crippen molar-refractivity contribution in [3.63, 3.8) is 0 Å². The van der Waals surface area contributed by atoms with E-state index in [1.807, 2.05) is 0 Å². The van der Waals surface area contributed by atoms with Crippen LogP contribution in [-0.2, 0) is 9.05 Å². The molecule has 1 aromatic rings. The molecule has 4 nitrogen and oxygen atoms in total. The molecule has 20 heavy (non-hydrogen) atoms. The van der Waals surface area contributed by atoms with Gasteiger partial charge in [0.15, 0.2) is 0 Å². The molecular formula is C13H15BrClNO3S. The zero-order valence-corrected chi connectivity index (χ0v) is 14.3. The number of rotatable bonds is 4. The molecule has 2 atom stereocenters. The van der Waals surface area contributed by atoms with Crippen LogP contribution >= 0.6 is 26.6 Å². The van der Waals surface area contributed by atoms with Crippen LogP contribution in [0.4, 0.5) is 0 Å². The van der Waals surface area contributed by atoms with Gasteiger partial charge in [-0.05, 0) is 37.0 Å². The van der Waals surface area contributed by atoms with Crippen LogP contribution < -0.4 is 5.32 Å². The van der Waals surface area contributed by atoms with Crippen molar-refractivity contribution in [2.24, 2.45) is 5.92 Å². The van der Waals surface area contributed by atoms with Gasteiger partial charge in [0.2, 0.25) is 0 Å². The molecule has 1 amide bonds. The standard InChI is InChI=1S/C13H15BrClNO3S/c1-3-8-4-11(8)16-13(17)10-5-9(14)6-12(7(10)2)20(15,18)19/h5-6,8,11H,3-4H2,1-2H3,(H,16,17). The summed E-state index contributed by atoms with van der Waals surface area (Å²) in [6.07, 6.45) is 2.01. The number of hydrogen-bond donors (Lipinski definition) is 1. The summed E-state index contributed by atoms with van der Waals surface area (Å²) in [5.41, 5.74) is 0.703. The summed E-state index contributed by atoms with van der Waals surface area (Å²) >= 11 is 3.21. The van der Waals surface area contributed by atoms with Crippen LogP contribution in [0.1, 0.15) is 35.7 Å². The summed E-state index contributed by atoms with van der Waals surface area (Å²) in [6, 6.07) is 3.21. The molecule has 7 heteroatoms. The average Bonchev–Trinajstić information content (AvgIpc) is 3.08. The number of benzene rings is 1. The second-order valence-electron chi connectivity index (χ2n) is 5.00. The van der Waals surface area contributed by atoms with Crippen LogP contribution in [-0.4, -0.2) is 20.4 Å². The van der Waals surface area contributed by atoms with E-state index in [1.165, 1.54) is 6.07 Å². The molecule has 1 aliphatic carbocycles. The lowest BCUT2D eigenvalue weighted by Gasteiger charge is -2.11. The molecule has 0 aromatic heterocycles. The highest BCUT2D eigenvalue weighted by Gasteiger charge is 2.37. The highest BCUT2D eigenvalue weighted by molar-refractivity contribution is 9.10. The number of carbonyl (C=O) groups is 1. The molecule has 0 heterocycles. The minimum absolute atomic E-state index is 0.0402. The summed E-state index contributed by atoms with van der Waals surface area (Å²) in [5, 5.41) is 2.92. The van der Waals surface area contributed by atoms with E-state index in [9.17, 15) is 13.2 Å². The van der Waals surface area contributed by atoms with Crippen molar-refractivity contribution in [3.05, 3.63) is 27.7 Å². The lowest BCUT2D eigenvalue weighted by molar-refractivity contribution is 0.0948. The quantitative estimate of drug-likeness (QED) is 0.816. The summed E-state index contributed by atoms with van der Waals surface area (Å²) < 4.78 is 23.6. The molecule has 2 unspecified atom stereocenters. The number of amides is 1. The summed E-state index contributed by atoms with van der Waals surface area (Å²) in [5.74, 6) is 0.272. The van der Waals surface area contributed by atoms with Crippen LogP contribution in [0.15, 0.2) is 21.5 Å². The third-order valence-corrected chi connectivity index (χ3v) is 5.50. The average molecular weight is 381 g/mol. The van der Waals surface area contributed by atoms with Gasteiger partial charge < -0.3 is 5.32 Å². The fourth-order valence-corrected chi connectivity index (χ4v) is 4.10. The molecule has 1 fully saturated rings. The lowest BCUT2D eigenvalue weighted by Crippen LogP contribution is -2.27. The van der Waals surface area contributed by atoms with Crippen molar-refractivity contribution >= 4 is 41.6 Å². The molecule has 0 saturated heterocycles. The van der Waals surface area contributed by atoms with Crippen LogP contribution in [0.5, 0.6) is 0 Å². The van der Waals surface area contributed by atoms with Crippen molar-refractivity contribution in [2.75, 3.05) is 0 Å². The van der Waals surface area contributed by atoms with E-state index in [-0.39, 0.29) is 16.8 Å². The van der Waals surface area contributed by atoms with Gasteiger partial charge in [0.05, 0.1) is 4.90 Å². The van der Waals surface area contributed by atoms with Crippen molar-refractivity contribution < 1.29 is 13.2 Å². The monoisotopic (exact) mass is 379 g/mol. The van der Waals surface area contributed by atoms with Gasteiger partial charge >= 0.3 is 0 Å². The zero-order chi connectivity index (χ0) is 15.1. The normalized spacial score (nSPS) is 21.6. The highest BCUT2D eigenvalue weighted by Crippen LogP contribution is 2.34. The van der Waals surface area contributed by atoms with Gasteiger partial charge in [-0.1, -0.05) is 29.3 Å². The first-order valence-electron chi connectivity index (χ1n) is 6.29. The van der Waals surface area contributed by atoms with Crippen molar-refractivity contribution in [1.29, 1.82) is 0 Å². The van der Waals surface area contributed by atoms with Crippen LogP contribution in [0.2, 0.25) is 0 Å². The largest absolute Gasteiger partial charge is 0.349 e. The molecular weight excluding hydrogens is 366 g/mol. The molecule has 1 saturated carbocycles. The van der Waals surface area contributed by atoms with Gasteiger partial charge in [-0.3, -0.25) is 4.79 Å². The van der Waals surface area contributed by atoms with Crippen molar-refractivity contribution in [3.8, 4) is 0 Å². The van der Waals surface area contributed by atoms with Gasteiger partial charge in [-0.25, -0.2) is 8.42 Å². The zero-order valence-electron chi connectivity index (χ0n) is 11.1. The Labute approximate surface area is 131 Å². The summed E-state index contributed by atoms with van der Waals surface area (Å²) in [6.45, 7) is 3.67. The number of halogens is 2. The molecule has 0 aliphatic heterocycles. The van der Waals surface area contributed by atoms with Crippen LogP contribution in [0, 0.1) is 12.8 Å². The predicted molar refractivity (Wildman–Crippen MR) is 81.6 cm³/mol. The van der Waals surface area contributed by atoms with Crippen molar-refractivity contribution in [2.45, 2.75) is 37.6 Å². The first kappa shape index (κ1) is 15.8. The van der Waals surface area contributed by atoms with Crippen molar-refractivity contribution in [1.82, 2.24) is 5.32 Å². The molecule has 1 aromatic carbocycles. The molecule has 110 valence electrons. The topological polar surface area (TPSA) is 63.2 Å². The van der Waals surface area contributed by atoms with Gasteiger partial charge in [-0.15, -0.1) is 0 Å². The first-order valence-corrected chi connectivity index (χ1v) is 9.40. The Kier molecular flexibility index (Phi) is 4.47. The van der Waals surface area contributed by atoms with Gasteiger partial charge in [0, 0.05) is 26.8 Å². The third-order valence-electron chi connectivity index (χ3n) is 3.60. The van der Waals surface area contributed by atoms with E-state index in [4.69, 9.17) is 10.7 Å². The minimum atomic E-state index is -3.88. The Morgan fingerprint density at radius 2 is 2.15 bits per heavy atom. The maximum absolute atomic E-state index is 12.2. The minimum Gasteiger partial charge on any atom is -0.349 e. The number of carbonyl (C=O) groups excluding carboxylic acids is 1.